The summed E-state index contributed by atoms with van der Waals surface area (Å²) >= 11 is 3.52. The van der Waals surface area contributed by atoms with Crippen LogP contribution in [0.1, 0.15) is 12.0 Å². The summed E-state index contributed by atoms with van der Waals surface area (Å²) in [4.78, 5) is 14.5. The highest BCUT2D eigenvalue weighted by Crippen LogP contribution is 2.17. The largest absolute Gasteiger partial charge is 0.395 e. The second kappa shape index (κ2) is 7.03. The first-order valence-corrected chi connectivity index (χ1v) is 7.43. The summed E-state index contributed by atoms with van der Waals surface area (Å²) in [6, 6.07) is 9.72. The molecule has 2 atom stereocenters. The molecule has 0 aromatic heterocycles. The average Bonchev–Trinajstić information content (AvgIpc) is 2.85. The van der Waals surface area contributed by atoms with Crippen LogP contribution in [0, 0.1) is 0 Å². The number of halogens is 1. The molecule has 1 aromatic carbocycles. The van der Waals surface area contributed by atoms with Crippen molar-refractivity contribution in [1.29, 1.82) is 0 Å². The Morgan fingerprint density at radius 3 is 2.74 bits per heavy atom. The van der Waals surface area contributed by atoms with Gasteiger partial charge in [-0.3, -0.25) is 4.79 Å². The maximum atomic E-state index is 12.4. The molecule has 0 aliphatic carbocycles. The number of nitrogens with one attached hydrogen (secondary N) is 1. The van der Waals surface area contributed by atoms with E-state index in [2.05, 4.69) is 21.2 Å². The molecule has 2 rings (SSSR count). The number of aliphatic hydroxyl groups excluding tert-OH is 1. The van der Waals surface area contributed by atoms with E-state index in [-0.39, 0.29) is 18.6 Å². The van der Waals surface area contributed by atoms with Crippen LogP contribution in [-0.4, -0.2) is 46.5 Å². The van der Waals surface area contributed by atoms with Crippen molar-refractivity contribution in [2.75, 3.05) is 19.7 Å². The second-order valence-electron chi connectivity index (χ2n) is 4.76. The predicted molar refractivity (Wildman–Crippen MR) is 78.1 cm³/mol. The quantitative estimate of drug-likeness (QED) is 0.798. The number of benzene rings is 1. The van der Waals surface area contributed by atoms with Gasteiger partial charge in [-0.15, -0.1) is 0 Å². The van der Waals surface area contributed by atoms with Crippen molar-refractivity contribution in [1.82, 2.24) is 10.2 Å². The van der Waals surface area contributed by atoms with Crippen LogP contribution in [-0.2, 0) is 11.3 Å². The summed E-state index contributed by atoms with van der Waals surface area (Å²) in [6.45, 7) is 1.72. The van der Waals surface area contributed by atoms with E-state index in [4.69, 9.17) is 5.11 Å². The van der Waals surface area contributed by atoms with E-state index >= 15 is 0 Å². The van der Waals surface area contributed by atoms with Crippen LogP contribution < -0.4 is 5.32 Å². The van der Waals surface area contributed by atoms with Crippen molar-refractivity contribution in [2.45, 2.75) is 23.8 Å². The van der Waals surface area contributed by atoms with Gasteiger partial charge in [0.1, 0.15) is 0 Å². The molecule has 4 nitrogen and oxygen atoms in total. The number of amides is 1. The van der Waals surface area contributed by atoms with E-state index in [9.17, 15) is 4.79 Å². The number of rotatable bonds is 5. The molecule has 0 radical (unpaired) electrons. The third-order valence-corrected chi connectivity index (χ3v) is 3.97. The van der Waals surface area contributed by atoms with Gasteiger partial charge in [0.25, 0.3) is 0 Å². The Hall–Kier alpha value is -0.910. The lowest BCUT2D eigenvalue weighted by Crippen LogP contribution is -2.44. The minimum atomic E-state index is -0.139. The van der Waals surface area contributed by atoms with Gasteiger partial charge in [-0.1, -0.05) is 46.3 Å². The number of carbonyl (C=O) groups excluding carboxylic acids is 1. The molecule has 0 saturated carbocycles. The molecule has 1 fully saturated rings. The molecule has 1 aliphatic heterocycles. The Balaban J connectivity index is 2.01. The van der Waals surface area contributed by atoms with Gasteiger partial charge in [-0.25, -0.2) is 0 Å². The summed E-state index contributed by atoms with van der Waals surface area (Å²) in [7, 11) is 0. The highest BCUT2D eigenvalue weighted by atomic mass is 79.9. The molecular formula is C14H19BrN2O2. The predicted octanol–water partition coefficient (Wildman–Crippen LogP) is 1.13. The molecule has 19 heavy (non-hydrogen) atoms. The maximum absolute atomic E-state index is 12.4. The second-order valence-corrected chi connectivity index (χ2v) is 6.06. The summed E-state index contributed by atoms with van der Waals surface area (Å²) in [5.41, 5.74) is 1.08. The van der Waals surface area contributed by atoms with E-state index < -0.39 is 0 Å². The van der Waals surface area contributed by atoms with Gasteiger partial charge in [-0.05, 0) is 12.0 Å². The van der Waals surface area contributed by atoms with Crippen LogP contribution >= 0.6 is 15.9 Å². The van der Waals surface area contributed by atoms with Crippen LogP contribution in [0.15, 0.2) is 30.3 Å². The monoisotopic (exact) mass is 326 g/mol. The minimum Gasteiger partial charge on any atom is -0.395 e. The van der Waals surface area contributed by atoms with Gasteiger partial charge >= 0.3 is 0 Å². The van der Waals surface area contributed by atoms with Crippen molar-refractivity contribution in [3.8, 4) is 0 Å². The fourth-order valence-electron chi connectivity index (χ4n) is 2.29. The van der Waals surface area contributed by atoms with Gasteiger partial charge in [-0.2, -0.15) is 0 Å². The zero-order valence-electron chi connectivity index (χ0n) is 10.8. The number of hydrogen-bond acceptors (Lipinski definition) is 3. The zero-order valence-corrected chi connectivity index (χ0v) is 12.3. The number of hydrogen-bond donors (Lipinski definition) is 2. The van der Waals surface area contributed by atoms with E-state index in [0.29, 0.717) is 17.9 Å². The first-order chi connectivity index (χ1) is 9.20. The Morgan fingerprint density at radius 2 is 2.16 bits per heavy atom. The molecule has 104 valence electrons. The third-order valence-electron chi connectivity index (χ3n) is 3.27. The molecule has 0 bridgehead atoms. The normalized spacial score (nSPS) is 22.4. The van der Waals surface area contributed by atoms with Gasteiger partial charge < -0.3 is 15.3 Å². The van der Waals surface area contributed by atoms with Crippen LogP contribution in [0.3, 0.4) is 0 Å². The first-order valence-electron chi connectivity index (χ1n) is 6.51. The fourth-order valence-corrected chi connectivity index (χ4v) is 2.85. The first kappa shape index (κ1) is 14.5. The van der Waals surface area contributed by atoms with Crippen LogP contribution in [0.5, 0.6) is 0 Å². The topological polar surface area (TPSA) is 52.6 Å². The number of nitrogens with zero attached hydrogens (tertiary/aromatic N) is 1. The molecule has 1 saturated heterocycles. The smallest absolute Gasteiger partial charge is 0.240 e. The highest BCUT2D eigenvalue weighted by molar-refractivity contribution is 9.09. The highest BCUT2D eigenvalue weighted by Gasteiger charge is 2.30. The molecule has 1 amide bonds. The summed E-state index contributed by atoms with van der Waals surface area (Å²) in [6.07, 6.45) is 0.801. The Bertz CT molecular complexity index is 413. The Labute approximate surface area is 121 Å². The number of alkyl halides is 1. The average molecular weight is 327 g/mol. The van der Waals surface area contributed by atoms with Gasteiger partial charge in [0.15, 0.2) is 0 Å². The van der Waals surface area contributed by atoms with Gasteiger partial charge in [0.05, 0.1) is 12.6 Å². The Morgan fingerprint density at radius 1 is 1.42 bits per heavy atom. The van der Waals surface area contributed by atoms with Gasteiger partial charge in [0.2, 0.25) is 5.91 Å². The lowest BCUT2D eigenvalue weighted by molar-refractivity contribution is -0.134. The molecule has 2 N–H and O–H groups in total. The van der Waals surface area contributed by atoms with Crippen molar-refractivity contribution in [3.05, 3.63) is 35.9 Å². The molecule has 1 aromatic rings. The standard InChI is InChI=1S/C14H19BrN2O2/c15-12-8-13(16-9-12)14(19)17(6-7-18)10-11-4-2-1-3-5-11/h1-5,12-13,16,18H,6-10H2. The van der Waals surface area contributed by atoms with E-state index in [1.807, 2.05) is 30.3 Å². The lowest BCUT2D eigenvalue weighted by atomic mass is 10.1. The van der Waals surface area contributed by atoms with Crippen LogP contribution in [0.2, 0.25) is 0 Å². The van der Waals surface area contributed by atoms with Crippen molar-refractivity contribution < 1.29 is 9.90 Å². The molecule has 1 aliphatic rings. The van der Waals surface area contributed by atoms with Crippen LogP contribution in [0.4, 0.5) is 0 Å². The SMILES string of the molecule is O=C(C1CC(Br)CN1)N(CCO)Cc1ccccc1. The maximum Gasteiger partial charge on any atom is 0.240 e. The van der Waals surface area contributed by atoms with E-state index in [1.165, 1.54) is 0 Å². The molecule has 1 heterocycles. The van der Waals surface area contributed by atoms with Crippen molar-refractivity contribution >= 4 is 21.8 Å². The van der Waals surface area contributed by atoms with Crippen molar-refractivity contribution in [3.63, 3.8) is 0 Å². The number of carbonyl (C=O) groups is 1. The Kier molecular flexibility index (Phi) is 5.36. The fraction of sp³-hybridized carbons (Fsp3) is 0.500. The van der Waals surface area contributed by atoms with Gasteiger partial charge in [0, 0.05) is 24.5 Å². The number of aliphatic hydroxyl groups is 1. The molecule has 0 spiro atoms. The summed E-state index contributed by atoms with van der Waals surface area (Å²) in [5, 5.41) is 12.3. The molecule has 5 heteroatoms. The van der Waals surface area contributed by atoms with E-state index in [1.54, 1.807) is 4.90 Å². The van der Waals surface area contributed by atoms with E-state index in [0.717, 1.165) is 18.5 Å². The molecule has 2 unspecified atom stereocenters. The molecular weight excluding hydrogens is 308 g/mol. The van der Waals surface area contributed by atoms with Crippen molar-refractivity contribution in [2.24, 2.45) is 0 Å². The zero-order chi connectivity index (χ0) is 13.7. The minimum absolute atomic E-state index is 0.0109. The summed E-state index contributed by atoms with van der Waals surface area (Å²) < 4.78 is 0. The summed E-state index contributed by atoms with van der Waals surface area (Å²) in [5.74, 6) is 0.0693. The third kappa shape index (κ3) is 4.03. The van der Waals surface area contributed by atoms with Crippen LogP contribution in [0.25, 0.3) is 0 Å². The lowest BCUT2D eigenvalue weighted by Gasteiger charge is -2.25.